The zero-order valence-corrected chi connectivity index (χ0v) is 19.4. The molecule has 1 saturated carbocycles. The van der Waals surface area contributed by atoms with Crippen molar-refractivity contribution in [1.82, 2.24) is 15.0 Å². The molecule has 1 fully saturated rings. The van der Waals surface area contributed by atoms with Crippen molar-refractivity contribution in [2.45, 2.75) is 44.9 Å². The van der Waals surface area contributed by atoms with Crippen molar-refractivity contribution >= 4 is 16.7 Å². The van der Waals surface area contributed by atoms with Crippen molar-refractivity contribution in [1.29, 1.82) is 0 Å². The number of aromatic nitrogens is 3. The van der Waals surface area contributed by atoms with E-state index in [0.717, 1.165) is 47.0 Å². The normalized spacial score (nSPS) is 24.0. The molecule has 2 aromatic carbocycles. The Kier molecular flexibility index (Phi) is 4.83. The Morgan fingerprint density at radius 1 is 0.971 bits per heavy atom. The number of ketones is 1. The van der Waals surface area contributed by atoms with Gasteiger partial charge in [-0.2, -0.15) is 0 Å². The van der Waals surface area contributed by atoms with Crippen molar-refractivity contribution in [3.8, 4) is 22.6 Å². The molecule has 2 heterocycles. The molecule has 170 valence electrons. The van der Waals surface area contributed by atoms with Crippen LogP contribution in [0.25, 0.3) is 33.5 Å². The van der Waals surface area contributed by atoms with Crippen LogP contribution in [0, 0.1) is 17.7 Å². The van der Waals surface area contributed by atoms with Crippen LogP contribution >= 0.6 is 0 Å². The van der Waals surface area contributed by atoms with Gasteiger partial charge in [-0.3, -0.25) is 9.78 Å². The fourth-order valence-corrected chi connectivity index (χ4v) is 6.21. The number of carbonyl (C=O) groups excluding carboxylic acids is 1. The third-order valence-electron chi connectivity index (χ3n) is 8.09. The van der Waals surface area contributed by atoms with Gasteiger partial charge in [0.25, 0.3) is 0 Å². The molecule has 6 rings (SSSR count). The number of Topliss-reactive ketones (excluding diaryl/α,β-unsaturated/α-hetero) is 1. The zero-order chi connectivity index (χ0) is 23.4. The second-order valence-corrected chi connectivity index (χ2v) is 9.90. The Bertz CT molecular complexity index is 1440. The zero-order valence-electron chi connectivity index (χ0n) is 19.4. The molecule has 3 atom stereocenters. The number of benzene rings is 2. The Labute approximate surface area is 198 Å². The number of fused-ring (bicyclic) bond motifs is 4. The predicted octanol–water partition coefficient (Wildman–Crippen LogP) is 6.32. The number of hydrogen-bond donors (Lipinski definition) is 0. The van der Waals surface area contributed by atoms with Crippen LogP contribution in [0.3, 0.4) is 0 Å². The maximum absolute atomic E-state index is 15.1. The summed E-state index contributed by atoms with van der Waals surface area (Å²) < 4.78 is 15.1. The standard InChI is InChI=1S/C29H26FN3O/c1-17-22-12-11-21-26(20-8-3-5-9-23(20)30)32-28(33-27(21)29(22,2)15-13-25(17)34)19-14-16-31-24-10-6-4-7-18(19)24/h3-10,14,16-17,22H,11-13,15H2,1-2H3/t17?,22-,29+/m0/s1. The Hall–Kier alpha value is -3.47. The van der Waals surface area contributed by atoms with Crippen LogP contribution in [-0.2, 0) is 16.6 Å². The summed E-state index contributed by atoms with van der Waals surface area (Å²) in [6.45, 7) is 4.30. The van der Waals surface area contributed by atoms with Gasteiger partial charge in [-0.1, -0.05) is 44.2 Å². The van der Waals surface area contributed by atoms with E-state index >= 15 is 4.39 Å². The van der Waals surface area contributed by atoms with Crippen LogP contribution < -0.4 is 0 Å². The quantitative estimate of drug-likeness (QED) is 0.358. The smallest absolute Gasteiger partial charge is 0.160 e. The van der Waals surface area contributed by atoms with E-state index in [1.54, 1.807) is 18.3 Å². The van der Waals surface area contributed by atoms with Gasteiger partial charge in [0, 0.05) is 46.0 Å². The summed E-state index contributed by atoms with van der Waals surface area (Å²) in [7, 11) is 0. The average molecular weight is 452 g/mol. The van der Waals surface area contributed by atoms with Gasteiger partial charge in [-0.15, -0.1) is 0 Å². The van der Waals surface area contributed by atoms with Crippen molar-refractivity contribution in [2.75, 3.05) is 0 Å². The Morgan fingerprint density at radius 3 is 2.62 bits per heavy atom. The highest BCUT2D eigenvalue weighted by Gasteiger charge is 2.49. The van der Waals surface area contributed by atoms with Crippen LogP contribution in [0.4, 0.5) is 4.39 Å². The SMILES string of the molecule is CC1C(=O)CC[C@@]2(C)c3nc(-c4ccnc5ccccc45)nc(-c4ccccc4F)c3CC[C@@H]12. The van der Waals surface area contributed by atoms with E-state index in [9.17, 15) is 4.79 Å². The molecule has 2 aliphatic carbocycles. The van der Waals surface area contributed by atoms with Gasteiger partial charge in [-0.05, 0) is 49.4 Å². The Morgan fingerprint density at radius 2 is 1.76 bits per heavy atom. The van der Waals surface area contributed by atoms with Crippen LogP contribution in [0.1, 0.15) is 44.4 Å². The molecule has 34 heavy (non-hydrogen) atoms. The number of nitrogens with zero attached hydrogens (tertiary/aromatic N) is 3. The maximum atomic E-state index is 15.1. The molecule has 0 radical (unpaired) electrons. The van der Waals surface area contributed by atoms with Gasteiger partial charge >= 0.3 is 0 Å². The highest BCUT2D eigenvalue weighted by Crippen LogP contribution is 2.52. The van der Waals surface area contributed by atoms with Gasteiger partial charge in [0.15, 0.2) is 5.82 Å². The molecule has 2 aromatic heterocycles. The number of rotatable bonds is 2. The molecule has 0 N–H and O–H groups in total. The third kappa shape index (κ3) is 3.10. The summed E-state index contributed by atoms with van der Waals surface area (Å²) in [5.41, 5.74) is 4.68. The van der Waals surface area contributed by atoms with E-state index in [1.807, 2.05) is 36.4 Å². The maximum Gasteiger partial charge on any atom is 0.160 e. The van der Waals surface area contributed by atoms with Gasteiger partial charge in [0.1, 0.15) is 11.6 Å². The number of halogens is 1. The second-order valence-electron chi connectivity index (χ2n) is 9.90. The molecule has 4 nitrogen and oxygen atoms in total. The van der Waals surface area contributed by atoms with Gasteiger partial charge in [0.2, 0.25) is 0 Å². The summed E-state index contributed by atoms with van der Waals surface area (Å²) in [6, 6.07) is 16.7. The highest BCUT2D eigenvalue weighted by molar-refractivity contribution is 5.93. The lowest BCUT2D eigenvalue weighted by Gasteiger charge is -2.48. The summed E-state index contributed by atoms with van der Waals surface area (Å²) in [5.74, 6) is 0.876. The van der Waals surface area contributed by atoms with E-state index < -0.39 is 0 Å². The lowest BCUT2D eigenvalue weighted by atomic mass is 9.56. The highest BCUT2D eigenvalue weighted by atomic mass is 19.1. The minimum absolute atomic E-state index is 0.00369. The summed E-state index contributed by atoms with van der Waals surface area (Å²) in [5, 5.41) is 0.967. The lowest BCUT2D eigenvalue weighted by Crippen LogP contribution is -2.47. The van der Waals surface area contributed by atoms with Gasteiger partial charge in [-0.25, -0.2) is 14.4 Å². The van der Waals surface area contributed by atoms with Crippen LogP contribution in [0.15, 0.2) is 60.8 Å². The fourth-order valence-electron chi connectivity index (χ4n) is 6.21. The molecular weight excluding hydrogens is 425 g/mol. The summed E-state index contributed by atoms with van der Waals surface area (Å²) >= 11 is 0. The molecule has 0 bridgehead atoms. The lowest BCUT2D eigenvalue weighted by molar-refractivity contribution is -0.128. The largest absolute Gasteiger partial charge is 0.299 e. The number of pyridine rings is 1. The molecule has 0 amide bonds. The van der Waals surface area contributed by atoms with E-state index in [2.05, 4.69) is 18.8 Å². The summed E-state index contributed by atoms with van der Waals surface area (Å²) in [6.07, 6.45) is 4.72. The molecular formula is C29H26FN3O. The van der Waals surface area contributed by atoms with Crippen LogP contribution in [0.5, 0.6) is 0 Å². The van der Waals surface area contributed by atoms with Crippen molar-refractivity contribution in [2.24, 2.45) is 11.8 Å². The molecule has 4 aromatic rings. The van der Waals surface area contributed by atoms with Gasteiger partial charge in [0.05, 0.1) is 16.9 Å². The first-order valence-corrected chi connectivity index (χ1v) is 12.0. The molecule has 1 unspecified atom stereocenters. The first kappa shape index (κ1) is 21.1. The molecule has 5 heteroatoms. The molecule has 0 aliphatic heterocycles. The topological polar surface area (TPSA) is 55.7 Å². The average Bonchev–Trinajstić information content (AvgIpc) is 2.86. The number of carbonyl (C=O) groups is 1. The predicted molar refractivity (Wildman–Crippen MR) is 131 cm³/mol. The first-order chi connectivity index (χ1) is 16.5. The minimum Gasteiger partial charge on any atom is -0.299 e. The van der Waals surface area contributed by atoms with Crippen LogP contribution in [0.2, 0.25) is 0 Å². The third-order valence-corrected chi connectivity index (χ3v) is 8.09. The van der Waals surface area contributed by atoms with E-state index in [0.29, 0.717) is 29.3 Å². The monoisotopic (exact) mass is 451 g/mol. The summed E-state index contributed by atoms with van der Waals surface area (Å²) in [4.78, 5) is 27.3. The Balaban J connectivity index is 1.65. The number of hydrogen-bond acceptors (Lipinski definition) is 4. The van der Waals surface area contributed by atoms with E-state index in [1.165, 1.54) is 6.07 Å². The second kappa shape index (κ2) is 7.79. The van der Waals surface area contributed by atoms with Gasteiger partial charge < -0.3 is 0 Å². The first-order valence-electron chi connectivity index (χ1n) is 12.0. The molecule has 0 spiro atoms. The fraction of sp³-hybridized carbons (Fsp3) is 0.310. The molecule has 0 saturated heterocycles. The van der Waals surface area contributed by atoms with Crippen molar-refractivity contribution in [3.63, 3.8) is 0 Å². The van der Waals surface area contributed by atoms with Crippen LogP contribution in [-0.4, -0.2) is 20.7 Å². The van der Waals surface area contributed by atoms with E-state index in [4.69, 9.17) is 9.97 Å². The van der Waals surface area contributed by atoms with Crippen molar-refractivity contribution < 1.29 is 9.18 Å². The minimum atomic E-state index is -0.284. The van der Waals surface area contributed by atoms with Crippen molar-refractivity contribution in [3.05, 3.63) is 77.9 Å². The molecule has 2 aliphatic rings. The number of para-hydroxylation sites is 1. The van der Waals surface area contributed by atoms with E-state index in [-0.39, 0.29) is 23.1 Å².